The highest BCUT2D eigenvalue weighted by atomic mass is 19.4. The maximum atomic E-state index is 12.1. The molecule has 0 atom stereocenters. The molecule has 0 aliphatic heterocycles. The molecule has 78 valence electrons. The van der Waals surface area contributed by atoms with Crippen molar-refractivity contribution >= 4 is 5.97 Å². The van der Waals surface area contributed by atoms with E-state index in [0.29, 0.717) is 6.07 Å². The van der Waals surface area contributed by atoms with Gasteiger partial charge in [0.1, 0.15) is 0 Å². The average Bonchev–Trinajstić information content (AvgIpc) is 2.30. The van der Waals surface area contributed by atoms with E-state index >= 15 is 0 Å². The largest absolute Gasteiger partial charge is 0.435 e. The molecule has 14 heavy (non-hydrogen) atoms. The highest BCUT2D eigenvalue weighted by molar-refractivity contribution is 5.68. The topological polar surface area (TPSA) is 44.1 Å². The molecule has 0 fully saturated rings. The van der Waals surface area contributed by atoms with E-state index in [0.717, 1.165) is 11.6 Å². The van der Waals surface area contributed by atoms with E-state index in [1.807, 2.05) is 0 Å². The number of alkyl halides is 3. The van der Waals surface area contributed by atoms with E-state index in [4.69, 9.17) is 0 Å². The number of esters is 1. The van der Waals surface area contributed by atoms with Gasteiger partial charge in [-0.25, -0.2) is 4.68 Å². The third-order valence-corrected chi connectivity index (χ3v) is 1.38. The quantitative estimate of drug-likeness (QED) is 0.654. The Morgan fingerprint density at radius 3 is 2.50 bits per heavy atom. The first-order chi connectivity index (χ1) is 6.30. The summed E-state index contributed by atoms with van der Waals surface area (Å²) in [6, 6.07) is 0.668. The van der Waals surface area contributed by atoms with Crippen LogP contribution in [0.25, 0.3) is 0 Å². The zero-order chi connectivity index (χ0) is 10.9. The van der Waals surface area contributed by atoms with Crippen LogP contribution in [-0.4, -0.2) is 15.7 Å². The summed E-state index contributed by atoms with van der Waals surface area (Å²) in [5.41, 5.74) is -1.09. The van der Waals surface area contributed by atoms with Gasteiger partial charge in [-0.2, -0.15) is 18.3 Å². The minimum absolute atomic E-state index is 0.232. The second kappa shape index (κ2) is 3.32. The minimum Gasteiger partial charge on any atom is -0.408 e. The zero-order valence-electron chi connectivity index (χ0n) is 7.42. The van der Waals surface area contributed by atoms with Gasteiger partial charge in [-0.15, -0.1) is 0 Å². The van der Waals surface area contributed by atoms with Gasteiger partial charge in [0.05, 0.1) is 0 Å². The van der Waals surface area contributed by atoms with Crippen LogP contribution < -0.4 is 4.74 Å². The molecule has 0 aliphatic carbocycles. The van der Waals surface area contributed by atoms with E-state index in [1.165, 1.54) is 7.05 Å². The molecule has 0 spiro atoms. The first-order valence-electron chi connectivity index (χ1n) is 3.60. The molecule has 1 aromatic rings. The van der Waals surface area contributed by atoms with Crippen LogP contribution in [0.3, 0.4) is 0 Å². The van der Waals surface area contributed by atoms with Crippen molar-refractivity contribution in [2.45, 2.75) is 13.1 Å². The molecule has 0 saturated heterocycles. The lowest BCUT2D eigenvalue weighted by atomic mass is 10.4. The maximum absolute atomic E-state index is 12.1. The molecule has 1 rings (SSSR count). The first-order valence-corrected chi connectivity index (χ1v) is 3.60. The van der Waals surface area contributed by atoms with Crippen molar-refractivity contribution in [3.05, 3.63) is 11.8 Å². The van der Waals surface area contributed by atoms with E-state index in [-0.39, 0.29) is 5.88 Å². The summed E-state index contributed by atoms with van der Waals surface area (Å²) in [6.07, 6.45) is -4.53. The van der Waals surface area contributed by atoms with Crippen LogP contribution in [0.1, 0.15) is 12.6 Å². The molecular formula is C7H7F3N2O2. The van der Waals surface area contributed by atoms with Gasteiger partial charge in [-0.3, -0.25) is 4.79 Å². The molecule has 0 amide bonds. The van der Waals surface area contributed by atoms with Crippen LogP contribution in [0, 0.1) is 0 Å². The van der Waals surface area contributed by atoms with Gasteiger partial charge >= 0.3 is 12.1 Å². The molecule has 0 aliphatic rings. The number of carbonyl (C=O) groups excluding carboxylic acids is 1. The summed E-state index contributed by atoms with van der Waals surface area (Å²) in [5.74, 6) is -0.924. The Bertz CT molecular complexity index is 356. The molecular weight excluding hydrogens is 201 g/mol. The molecule has 4 nitrogen and oxygen atoms in total. The predicted molar refractivity (Wildman–Crippen MR) is 39.5 cm³/mol. The Kier molecular flexibility index (Phi) is 2.50. The Labute approximate surface area is 77.3 Å². The van der Waals surface area contributed by atoms with Crippen LogP contribution in [0.5, 0.6) is 5.88 Å². The molecule has 1 aromatic heterocycles. The second-order valence-corrected chi connectivity index (χ2v) is 2.58. The number of halogens is 3. The van der Waals surface area contributed by atoms with Gasteiger partial charge in [0.15, 0.2) is 5.69 Å². The molecule has 0 unspecified atom stereocenters. The Hall–Kier alpha value is -1.53. The van der Waals surface area contributed by atoms with Crippen molar-refractivity contribution < 1.29 is 22.7 Å². The van der Waals surface area contributed by atoms with Gasteiger partial charge in [0.2, 0.25) is 5.88 Å². The van der Waals surface area contributed by atoms with Crippen molar-refractivity contribution in [3.63, 3.8) is 0 Å². The van der Waals surface area contributed by atoms with Crippen LogP contribution in [0.4, 0.5) is 13.2 Å². The van der Waals surface area contributed by atoms with E-state index in [9.17, 15) is 18.0 Å². The van der Waals surface area contributed by atoms with Crippen LogP contribution in [-0.2, 0) is 18.0 Å². The minimum atomic E-state index is -4.53. The summed E-state index contributed by atoms with van der Waals surface area (Å²) in [5, 5.41) is 3.15. The number of ether oxygens (including phenoxy) is 1. The van der Waals surface area contributed by atoms with Crippen molar-refractivity contribution in [1.82, 2.24) is 9.78 Å². The average molecular weight is 208 g/mol. The molecule has 0 N–H and O–H groups in total. The fourth-order valence-corrected chi connectivity index (χ4v) is 0.831. The number of aryl methyl sites for hydroxylation is 1. The highest BCUT2D eigenvalue weighted by Gasteiger charge is 2.35. The van der Waals surface area contributed by atoms with Crippen LogP contribution in [0.2, 0.25) is 0 Å². The van der Waals surface area contributed by atoms with E-state index in [2.05, 4.69) is 9.84 Å². The Balaban J connectivity index is 2.99. The summed E-state index contributed by atoms with van der Waals surface area (Å²) in [4.78, 5) is 10.5. The lowest BCUT2D eigenvalue weighted by Gasteiger charge is -1.98. The van der Waals surface area contributed by atoms with Gasteiger partial charge in [-0.1, -0.05) is 0 Å². The van der Waals surface area contributed by atoms with Gasteiger partial charge < -0.3 is 4.74 Å². The molecule has 0 radical (unpaired) electrons. The number of rotatable bonds is 1. The van der Waals surface area contributed by atoms with Crippen molar-refractivity contribution in [1.29, 1.82) is 0 Å². The third kappa shape index (κ3) is 2.24. The fraction of sp³-hybridized carbons (Fsp3) is 0.429. The highest BCUT2D eigenvalue weighted by Crippen LogP contribution is 2.30. The molecule has 0 bridgehead atoms. The number of carbonyl (C=O) groups is 1. The number of aromatic nitrogens is 2. The Morgan fingerprint density at radius 1 is 1.57 bits per heavy atom. The SMILES string of the molecule is CC(=O)Oc1cc(C(F)(F)F)nn1C. The first kappa shape index (κ1) is 10.6. The van der Waals surface area contributed by atoms with Crippen molar-refractivity contribution in [2.75, 3.05) is 0 Å². The molecule has 0 aromatic carbocycles. The van der Waals surface area contributed by atoms with E-state index < -0.39 is 17.8 Å². The normalized spacial score (nSPS) is 11.5. The zero-order valence-corrected chi connectivity index (χ0v) is 7.42. The molecule has 1 heterocycles. The number of nitrogens with zero attached hydrogens (tertiary/aromatic N) is 2. The lowest BCUT2D eigenvalue weighted by molar-refractivity contribution is -0.141. The van der Waals surface area contributed by atoms with Gasteiger partial charge in [0, 0.05) is 20.0 Å². The number of hydrogen-bond donors (Lipinski definition) is 0. The smallest absolute Gasteiger partial charge is 0.408 e. The van der Waals surface area contributed by atoms with Crippen LogP contribution in [0.15, 0.2) is 6.07 Å². The standard InChI is InChI=1S/C7H7F3N2O2/c1-4(13)14-6-3-5(7(8,9)10)11-12(6)2/h3H,1-2H3. The summed E-state index contributed by atoms with van der Waals surface area (Å²) in [6.45, 7) is 1.10. The van der Waals surface area contributed by atoms with Gasteiger partial charge in [0.25, 0.3) is 0 Å². The number of hydrogen-bond acceptors (Lipinski definition) is 3. The lowest BCUT2D eigenvalue weighted by Crippen LogP contribution is -2.07. The summed E-state index contributed by atoms with van der Waals surface area (Å²) < 4.78 is 41.6. The third-order valence-electron chi connectivity index (χ3n) is 1.38. The summed E-state index contributed by atoms with van der Waals surface area (Å²) >= 11 is 0. The monoisotopic (exact) mass is 208 g/mol. The molecule has 0 saturated carbocycles. The van der Waals surface area contributed by atoms with E-state index in [1.54, 1.807) is 0 Å². The maximum Gasteiger partial charge on any atom is 0.435 e. The van der Waals surface area contributed by atoms with Gasteiger partial charge in [-0.05, 0) is 0 Å². The van der Waals surface area contributed by atoms with Crippen molar-refractivity contribution in [2.24, 2.45) is 7.05 Å². The fourth-order valence-electron chi connectivity index (χ4n) is 0.831. The van der Waals surface area contributed by atoms with Crippen LogP contribution >= 0.6 is 0 Å². The van der Waals surface area contributed by atoms with Crippen molar-refractivity contribution in [3.8, 4) is 5.88 Å². The Morgan fingerprint density at radius 2 is 2.14 bits per heavy atom. The second-order valence-electron chi connectivity index (χ2n) is 2.58. The predicted octanol–water partition coefficient (Wildman–Crippen LogP) is 1.36. The molecule has 7 heteroatoms. The summed E-state index contributed by atoms with van der Waals surface area (Å²) in [7, 11) is 1.26.